The van der Waals surface area contributed by atoms with E-state index in [1.54, 1.807) is 18.2 Å². The van der Waals surface area contributed by atoms with Crippen LogP contribution >= 0.6 is 23.2 Å². The Morgan fingerprint density at radius 2 is 1.71 bits per heavy atom. The first-order chi connectivity index (χ1) is 16.6. The summed E-state index contributed by atoms with van der Waals surface area (Å²) in [6, 6.07) is 9.61. The SMILES string of the molecule is C#C.CN1CCC(COCc2cc(Cl)cc3c(Cl)n(CC(F)(F)F)nc23)(c2ccc(F)cc2)CC1. The molecule has 0 amide bonds. The van der Waals surface area contributed by atoms with Gasteiger partial charge in [-0.3, -0.25) is 0 Å². The number of hydrogen-bond donors (Lipinski definition) is 0. The second kappa shape index (κ2) is 11.2. The molecule has 3 aromatic rings. The lowest BCUT2D eigenvalue weighted by Crippen LogP contribution is -2.43. The van der Waals surface area contributed by atoms with Crippen LogP contribution in [0.2, 0.25) is 10.2 Å². The summed E-state index contributed by atoms with van der Waals surface area (Å²) in [7, 11) is 2.05. The van der Waals surface area contributed by atoms with E-state index in [0.29, 0.717) is 28.1 Å². The first-order valence-corrected chi connectivity index (χ1v) is 11.6. The molecule has 1 aliphatic heterocycles. The molecule has 0 aliphatic carbocycles. The number of piperidine rings is 1. The van der Waals surface area contributed by atoms with E-state index >= 15 is 0 Å². The zero-order valence-corrected chi connectivity index (χ0v) is 20.6. The van der Waals surface area contributed by atoms with Crippen molar-refractivity contribution < 1.29 is 22.3 Å². The van der Waals surface area contributed by atoms with Gasteiger partial charge in [-0.15, -0.1) is 12.8 Å². The fraction of sp³-hybridized carbons (Fsp3) is 0.400. The van der Waals surface area contributed by atoms with E-state index in [2.05, 4.69) is 29.9 Å². The van der Waals surface area contributed by atoms with Crippen LogP contribution in [0.15, 0.2) is 36.4 Å². The lowest BCUT2D eigenvalue weighted by molar-refractivity contribution is -0.142. The third kappa shape index (κ3) is 6.47. The Hall–Kier alpha value is -2.31. The lowest BCUT2D eigenvalue weighted by Gasteiger charge is -2.41. The smallest absolute Gasteiger partial charge is 0.376 e. The molecular weight excluding hydrogens is 505 g/mol. The Balaban J connectivity index is 0.00000167. The summed E-state index contributed by atoms with van der Waals surface area (Å²) in [5.74, 6) is -0.296. The average molecular weight is 530 g/mol. The molecule has 4 nitrogen and oxygen atoms in total. The molecule has 2 heterocycles. The number of halogens is 6. The summed E-state index contributed by atoms with van der Waals surface area (Å²) >= 11 is 12.4. The van der Waals surface area contributed by atoms with Gasteiger partial charge in [0.2, 0.25) is 0 Å². The van der Waals surface area contributed by atoms with Crippen molar-refractivity contribution in [2.75, 3.05) is 26.7 Å². The molecule has 0 N–H and O–H groups in total. The van der Waals surface area contributed by atoms with E-state index in [1.807, 2.05) is 0 Å². The van der Waals surface area contributed by atoms with Gasteiger partial charge in [-0.05, 0) is 62.8 Å². The van der Waals surface area contributed by atoms with Gasteiger partial charge in [-0.2, -0.15) is 18.3 Å². The third-order valence-electron chi connectivity index (χ3n) is 6.19. The summed E-state index contributed by atoms with van der Waals surface area (Å²) < 4.78 is 59.0. The highest BCUT2D eigenvalue weighted by molar-refractivity contribution is 6.36. The van der Waals surface area contributed by atoms with E-state index < -0.39 is 12.7 Å². The molecule has 188 valence electrons. The molecule has 0 saturated carbocycles. The van der Waals surface area contributed by atoms with Gasteiger partial charge in [0.05, 0.1) is 18.7 Å². The Labute approximate surface area is 211 Å². The molecule has 4 rings (SSSR count). The Kier molecular flexibility index (Phi) is 8.71. The highest BCUT2D eigenvalue weighted by atomic mass is 35.5. The second-order valence-corrected chi connectivity index (χ2v) is 9.40. The fourth-order valence-electron chi connectivity index (χ4n) is 4.34. The van der Waals surface area contributed by atoms with Crippen LogP contribution in [-0.2, 0) is 23.3 Å². The summed E-state index contributed by atoms with van der Waals surface area (Å²) in [6.07, 6.45) is 5.22. The van der Waals surface area contributed by atoms with Crippen LogP contribution in [0.1, 0.15) is 24.0 Å². The minimum atomic E-state index is -4.46. The van der Waals surface area contributed by atoms with Crippen molar-refractivity contribution in [1.82, 2.24) is 14.7 Å². The van der Waals surface area contributed by atoms with E-state index in [9.17, 15) is 17.6 Å². The molecule has 0 bridgehead atoms. The van der Waals surface area contributed by atoms with Crippen LogP contribution < -0.4 is 0 Å². The number of benzene rings is 2. The van der Waals surface area contributed by atoms with Crippen molar-refractivity contribution in [2.24, 2.45) is 0 Å². The third-order valence-corrected chi connectivity index (χ3v) is 6.81. The second-order valence-electron chi connectivity index (χ2n) is 8.61. The predicted molar refractivity (Wildman–Crippen MR) is 130 cm³/mol. The first kappa shape index (κ1) is 27.3. The minimum Gasteiger partial charge on any atom is -0.376 e. The number of fused-ring (bicyclic) bond motifs is 1. The zero-order valence-electron chi connectivity index (χ0n) is 19.1. The highest BCUT2D eigenvalue weighted by Gasteiger charge is 2.36. The van der Waals surface area contributed by atoms with Crippen LogP contribution in [0.25, 0.3) is 10.9 Å². The van der Waals surface area contributed by atoms with Crippen LogP contribution in [0.5, 0.6) is 0 Å². The van der Waals surface area contributed by atoms with Crippen LogP contribution in [0, 0.1) is 18.7 Å². The molecule has 0 spiro atoms. The molecule has 1 aliphatic rings. The predicted octanol–water partition coefficient (Wildman–Crippen LogP) is 6.47. The molecule has 2 aromatic carbocycles. The van der Waals surface area contributed by atoms with Gasteiger partial charge in [0.15, 0.2) is 0 Å². The zero-order chi connectivity index (χ0) is 25.8. The molecular formula is C25H25Cl2F4N3O. The van der Waals surface area contributed by atoms with E-state index in [0.717, 1.165) is 36.2 Å². The van der Waals surface area contributed by atoms with Gasteiger partial charge < -0.3 is 9.64 Å². The van der Waals surface area contributed by atoms with Crippen LogP contribution in [0.3, 0.4) is 0 Å². The molecule has 35 heavy (non-hydrogen) atoms. The van der Waals surface area contributed by atoms with E-state index in [4.69, 9.17) is 27.9 Å². The maximum absolute atomic E-state index is 13.5. The normalized spacial score (nSPS) is 16.1. The molecule has 0 unspecified atom stereocenters. The van der Waals surface area contributed by atoms with Gasteiger partial charge in [-0.25, -0.2) is 9.07 Å². The maximum atomic E-state index is 13.5. The standard InChI is InChI=1S/C23H23Cl2F4N3O.C2H2/c1-31-8-6-22(7-9-31,16-2-4-18(26)5-3-16)14-33-12-15-10-17(24)11-19-20(15)30-32(21(19)25)13-23(27,28)29;1-2/h2-5,10-11H,6-9,12-14H2,1H3;1-2H. The van der Waals surface area contributed by atoms with Gasteiger partial charge in [0.25, 0.3) is 0 Å². The monoisotopic (exact) mass is 529 g/mol. The number of alkyl halides is 3. The number of ether oxygens (including phenoxy) is 1. The first-order valence-electron chi connectivity index (χ1n) is 10.8. The summed E-state index contributed by atoms with van der Waals surface area (Å²) in [5, 5.41) is 4.64. The number of hydrogen-bond acceptors (Lipinski definition) is 3. The van der Waals surface area contributed by atoms with Crippen molar-refractivity contribution in [1.29, 1.82) is 0 Å². The van der Waals surface area contributed by atoms with Crippen molar-refractivity contribution in [3.63, 3.8) is 0 Å². The van der Waals surface area contributed by atoms with Gasteiger partial charge >= 0.3 is 6.18 Å². The van der Waals surface area contributed by atoms with Crippen molar-refractivity contribution >= 4 is 34.1 Å². The molecule has 10 heteroatoms. The summed E-state index contributed by atoms with van der Waals surface area (Å²) in [4.78, 5) is 2.23. The van der Waals surface area contributed by atoms with Gasteiger partial charge in [-0.1, -0.05) is 35.3 Å². The Morgan fingerprint density at radius 1 is 1.09 bits per heavy atom. The molecule has 1 aromatic heterocycles. The van der Waals surface area contributed by atoms with Crippen LogP contribution in [0.4, 0.5) is 17.6 Å². The minimum absolute atomic E-state index is 0.106. The Bertz CT molecular complexity index is 1170. The topological polar surface area (TPSA) is 30.3 Å². The average Bonchev–Trinajstić information content (AvgIpc) is 3.11. The maximum Gasteiger partial charge on any atom is 0.408 e. The van der Waals surface area contributed by atoms with Gasteiger partial charge in [0, 0.05) is 21.4 Å². The lowest BCUT2D eigenvalue weighted by atomic mass is 9.73. The highest BCUT2D eigenvalue weighted by Crippen LogP contribution is 2.37. The molecule has 1 saturated heterocycles. The van der Waals surface area contributed by atoms with Crippen molar-refractivity contribution in [3.05, 3.63) is 63.5 Å². The number of rotatable bonds is 6. The summed E-state index contributed by atoms with van der Waals surface area (Å²) in [5.41, 5.74) is 1.60. The number of terminal acetylenes is 1. The number of nitrogens with zero attached hydrogens (tertiary/aromatic N) is 3. The quantitative estimate of drug-likeness (QED) is 0.270. The van der Waals surface area contributed by atoms with Gasteiger partial charge in [0.1, 0.15) is 17.5 Å². The molecule has 1 fully saturated rings. The van der Waals surface area contributed by atoms with Crippen LogP contribution in [-0.4, -0.2) is 47.6 Å². The number of likely N-dealkylation sites (tertiary alicyclic amines) is 1. The largest absolute Gasteiger partial charge is 0.408 e. The molecule has 0 radical (unpaired) electrons. The fourth-order valence-corrected chi connectivity index (χ4v) is 4.82. The van der Waals surface area contributed by atoms with E-state index in [1.165, 1.54) is 18.2 Å². The van der Waals surface area contributed by atoms with Crippen molar-refractivity contribution in [3.8, 4) is 12.8 Å². The number of aromatic nitrogens is 2. The van der Waals surface area contributed by atoms with E-state index in [-0.39, 0.29) is 23.0 Å². The summed E-state index contributed by atoms with van der Waals surface area (Å²) in [6.45, 7) is 0.936. The van der Waals surface area contributed by atoms with Crippen molar-refractivity contribution in [2.45, 2.75) is 37.6 Å². The molecule has 0 atom stereocenters. The Morgan fingerprint density at radius 3 is 2.31 bits per heavy atom.